The van der Waals surface area contributed by atoms with Gasteiger partial charge in [0.15, 0.2) is 0 Å². The van der Waals surface area contributed by atoms with Gasteiger partial charge in [0.25, 0.3) is 5.91 Å². The summed E-state index contributed by atoms with van der Waals surface area (Å²) in [4.78, 5) is 12.2. The van der Waals surface area contributed by atoms with Gasteiger partial charge in [-0.15, -0.1) is 11.6 Å². The number of alkyl halides is 1. The first-order valence-corrected chi connectivity index (χ1v) is 6.74. The third-order valence-corrected chi connectivity index (χ3v) is 3.48. The van der Waals surface area contributed by atoms with Crippen LogP contribution in [0.1, 0.15) is 37.0 Å². The van der Waals surface area contributed by atoms with Crippen molar-refractivity contribution in [3.8, 4) is 11.5 Å². The standard InChI is InChI=1S/C14H20ClNO3/c1-4-14(2,7-8-15)16-13(18)11-6-5-10(19-3)9-12(11)17/h5-6,9,17H,4,7-8H2,1-3H3,(H,16,18). The summed E-state index contributed by atoms with van der Waals surface area (Å²) in [6.07, 6.45) is 1.44. The number of halogens is 1. The Kier molecular flexibility index (Phi) is 5.48. The molecular weight excluding hydrogens is 266 g/mol. The van der Waals surface area contributed by atoms with Gasteiger partial charge in [-0.2, -0.15) is 0 Å². The van der Waals surface area contributed by atoms with E-state index in [9.17, 15) is 9.90 Å². The molecule has 1 aromatic rings. The van der Waals surface area contributed by atoms with Crippen molar-refractivity contribution in [2.24, 2.45) is 0 Å². The molecule has 5 heteroatoms. The monoisotopic (exact) mass is 285 g/mol. The SMILES string of the molecule is CCC(C)(CCCl)NC(=O)c1ccc(OC)cc1O. The molecule has 1 atom stereocenters. The third-order valence-electron chi connectivity index (χ3n) is 3.29. The van der Waals surface area contributed by atoms with E-state index in [0.717, 1.165) is 6.42 Å². The molecular formula is C14H20ClNO3. The van der Waals surface area contributed by atoms with E-state index in [1.807, 2.05) is 13.8 Å². The van der Waals surface area contributed by atoms with Crippen molar-refractivity contribution in [2.45, 2.75) is 32.2 Å². The molecule has 1 unspecified atom stereocenters. The highest BCUT2D eigenvalue weighted by atomic mass is 35.5. The zero-order valence-corrected chi connectivity index (χ0v) is 12.3. The molecule has 1 amide bonds. The maximum absolute atomic E-state index is 12.2. The van der Waals surface area contributed by atoms with Gasteiger partial charge in [0.05, 0.1) is 12.7 Å². The van der Waals surface area contributed by atoms with Gasteiger partial charge >= 0.3 is 0 Å². The number of carbonyl (C=O) groups is 1. The Hall–Kier alpha value is -1.42. The van der Waals surface area contributed by atoms with Crippen LogP contribution in [0.5, 0.6) is 11.5 Å². The number of hydrogen-bond acceptors (Lipinski definition) is 3. The average Bonchev–Trinajstić information content (AvgIpc) is 2.38. The summed E-state index contributed by atoms with van der Waals surface area (Å²) in [5.41, 5.74) is -0.138. The largest absolute Gasteiger partial charge is 0.507 e. The van der Waals surface area contributed by atoms with E-state index >= 15 is 0 Å². The van der Waals surface area contributed by atoms with Gasteiger partial charge in [-0.1, -0.05) is 6.92 Å². The van der Waals surface area contributed by atoms with Crippen molar-refractivity contribution < 1.29 is 14.6 Å². The van der Waals surface area contributed by atoms with Crippen molar-refractivity contribution in [3.63, 3.8) is 0 Å². The molecule has 106 valence electrons. The lowest BCUT2D eigenvalue weighted by Gasteiger charge is -2.29. The molecule has 0 fully saturated rings. The normalized spacial score (nSPS) is 13.7. The first-order valence-electron chi connectivity index (χ1n) is 6.21. The lowest BCUT2D eigenvalue weighted by Crippen LogP contribution is -2.45. The second-order valence-electron chi connectivity index (χ2n) is 4.69. The van der Waals surface area contributed by atoms with Crippen LogP contribution in [0.2, 0.25) is 0 Å². The van der Waals surface area contributed by atoms with E-state index in [0.29, 0.717) is 18.1 Å². The molecule has 0 bridgehead atoms. The van der Waals surface area contributed by atoms with Crippen LogP contribution in [-0.4, -0.2) is 29.5 Å². The van der Waals surface area contributed by atoms with Gasteiger partial charge in [-0.3, -0.25) is 4.79 Å². The summed E-state index contributed by atoms with van der Waals surface area (Å²) < 4.78 is 4.98. The summed E-state index contributed by atoms with van der Waals surface area (Å²) in [7, 11) is 1.50. The molecule has 0 radical (unpaired) electrons. The van der Waals surface area contributed by atoms with Crippen molar-refractivity contribution in [3.05, 3.63) is 23.8 Å². The summed E-state index contributed by atoms with van der Waals surface area (Å²) in [5.74, 6) is 0.572. The highest BCUT2D eigenvalue weighted by Crippen LogP contribution is 2.24. The Morgan fingerprint density at radius 2 is 2.21 bits per heavy atom. The maximum Gasteiger partial charge on any atom is 0.255 e. The molecule has 0 saturated heterocycles. The van der Waals surface area contributed by atoms with Gasteiger partial charge in [-0.25, -0.2) is 0 Å². The van der Waals surface area contributed by atoms with Crippen LogP contribution in [-0.2, 0) is 0 Å². The van der Waals surface area contributed by atoms with Crippen molar-refractivity contribution in [2.75, 3.05) is 13.0 Å². The van der Waals surface area contributed by atoms with Gasteiger partial charge in [-0.05, 0) is 31.9 Å². The number of amides is 1. The number of hydrogen-bond donors (Lipinski definition) is 2. The van der Waals surface area contributed by atoms with Crippen LogP contribution in [0.15, 0.2) is 18.2 Å². The summed E-state index contributed by atoms with van der Waals surface area (Å²) in [6, 6.07) is 4.60. The van der Waals surface area contributed by atoms with Crippen molar-refractivity contribution >= 4 is 17.5 Å². The second kappa shape index (κ2) is 6.66. The second-order valence-corrected chi connectivity index (χ2v) is 5.07. The fraction of sp³-hybridized carbons (Fsp3) is 0.500. The lowest BCUT2D eigenvalue weighted by atomic mass is 9.95. The van der Waals surface area contributed by atoms with Crippen LogP contribution in [0, 0.1) is 0 Å². The Morgan fingerprint density at radius 3 is 2.68 bits per heavy atom. The van der Waals surface area contributed by atoms with E-state index in [2.05, 4.69) is 5.32 Å². The minimum absolute atomic E-state index is 0.0961. The topological polar surface area (TPSA) is 58.6 Å². The van der Waals surface area contributed by atoms with Crippen LogP contribution in [0.25, 0.3) is 0 Å². The van der Waals surface area contributed by atoms with Crippen molar-refractivity contribution in [1.29, 1.82) is 0 Å². The van der Waals surface area contributed by atoms with Crippen molar-refractivity contribution in [1.82, 2.24) is 5.32 Å². The highest BCUT2D eigenvalue weighted by Gasteiger charge is 2.25. The molecule has 0 aromatic heterocycles. The maximum atomic E-state index is 12.2. The fourth-order valence-corrected chi connectivity index (χ4v) is 2.13. The van der Waals surface area contributed by atoms with E-state index in [1.54, 1.807) is 12.1 Å². The Bertz CT molecular complexity index is 450. The minimum atomic E-state index is -0.370. The zero-order chi connectivity index (χ0) is 14.5. The molecule has 4 nitrogen and oxygen atoms in total. The predicted molar refractivity (Wildman–Crippen MR) is 76.2 cm³/mol. The molecule has 1 rings (SSSR count). The number of methoxy groups -OCH3 is 1. The first kappa shape index (κ1) is 15.6. The molecule has 19 heavy (non-hydrogen) atoms. The molecule has 0 spiro atoms. The predicted octanol–water partition coefficient (Wildman–Crippen LogP) is 2.93. The minimum Gasteiger partial charge on any atom is -0.507 e. The zero-order valence-electron chi connectivity index (χ0n) is 11.5. The highest BCUT2D eigenvalue weighted by molar-refractivity contribution is 6.17. The molecule has 1 aromatic carbocycles. The number of benzene rings is 1. The van der Waals surface area contributed by atoms with E-state index < -0.39 is 0 Å². The molecule has 2 N–H and O–H groups in total. The van der Waals surface area contributed by atoms with Crippen LogP contribution in [0.3, 0.4) is 0 Å². The third kappa shape index (κ3) is 4.03. The van der Waals surface area contributed by atoms with E-state index in [4.69, 9.17) is 16.3 Å². The summed E-state index contributed by atoms with van der Waals surface area (Å²) in [6.45, 7) is 3.93. The van der Waals surface area contributed by atoms with E-state index in [1.165, 1.54) is 13.2 Å². The number of carbonyl (C=O) groups excluding carboxylic acids is 1. The number of phenolic OH excluding ortho intramolecular Hbond substituents is 1. The Balaban J connectivity index is 2.89. The van der Waals surface area contributed by atoms with Crippen LogP contribution >= 0.6 is 11.6 Å². The van der Waals surface area contributed by atoms with Gasteiger partial charge < -0.3 is 15.2 Å². The molecule has 0 aliphatic carbocycles. The van der Waals surface area contributed by atoms with Crippen LogP contribution in [0.4, 0.5) is 0 Å². The van der Waals surface area contributed by atoms with Gasteiger partial charge in [0.1, 0.15) is 11.5 Å². The molecule has 0 aliphatic rings. The van der Waals surface area contributed by atoms with E-state index in [-0.39, 0.29) is 22.8 Å². The number of rotatable bonds is 6. The van der Waals surface area contributed by atoms with Gasteiger partial charge in [0, 0.05) is 17.5 Å². The Morgan fingerprint density at radius 1 is 1.53 bits per heavy atom. The number of phenols is 1. The lowest BCUT2D eigenvalue weighted by molar-refractivity contribution is 0.0899. The molecule has 0 aliphatic heterocycles. The number of aromatic hydroxyl groups is 1. The molecule has 0 heterocycles. The Labute approximate surface area is 118 Å². The van der Waals surface area contributed by atoms with Crippen LogP contribution < -0.4 is 10.1 Å². The number of ether oxygens (including phenoxy) is 1. The summed E-state index contributed by atoms with van der Waals surface area (Å²) in [5, 5.41) is 12.7. The quantitative estimate of drug-likeness (QED) is 0.790. The fourth-order valence-electron chi connectivity index (χ4n) is 1.71. The first-order chi connectivity index (χ1) is 8.95. The van der Waals surface area contributed by atoms with Gasteiger partial charge in [0.2, 0.25) is 0 Å². The average molecular weight is 286 g/mol. The number of nitrogens with one attached hydrogen (secondary N) is 1. The smallest absolute Gasteiger partial charge is 0.255 e. The molecule has 0 saturated carbocycles. The summed E-state index contributed by atoms with van der Waals surface area (Å²) >= 11 is 5.75.